The number of fused-ring (bicyclic) bond motifs is 1. The number of nitrogens with one attached hydrogen (secondary N) is 2. The highest BCUT2D eigenvalue weighted by molar-refractivity contribution is 6.06. The first-order valence-corrected chi connectivity index (χ1v) is 10.3. The van der Waals surface area contributed by atoms with Gasteiger partial charge in [-0.25, -0.2) is 0 Å². The van der Waals surface area contributed by atoms with Gasteiger partial charge in [0, 0.05) is 49.2 Å². The number of hydrogen-bond donors (Lipinski definition) is 3. The van der Waals surface area contributed by atoms with Crippen LogP contribution in [0.3, 0.4) is 0 Å². The van der Waals surface area contributed by atoms with Crippen LogP contribution in [-0.2, 0) is 11.3 Å². The van der Waals surface area contributed by atoms with E-state index in [-0.39, 0.29) is 11.6 Å². The van der Waals surface area contributed by atoms with E-state index in [2.05, 4.69) is 43.2 Å². The molecule has 9 nitrogen and oxygen atoms in total. The van der Waals surface area contributed by atoms with Gasteiger partial charge < -0.3 is 15.8 Å². The summed E-state index contributed by atoms with van der Waals surface area (Å²) < 4.78 is 5.42. The van der Waals surface area contributed by atoms with Crippen LogP contribution in [0, 0.1) is 0 Å². The van der Waals surface area contributed by atoms with Crippen molar-refractivity contribution in [3.05, 3.63) is 72.1 Å². The molecule has 1 aliphatic heterocycles. The van der Waals surface area contributed by atoms with Gasteiger partial charge >= 0.3 is 0 Å². The Morgan fingerprint density at radius 3 is 2.91 bits per heavy atom. The lowest BCUT2D eigenvalue weighted by atomic mass is 10.0. The Morgan fingerprint density at radius 2 is 2.12 bits per heavy atom. The molecule has 0 atom stereocenters. The molecule has 1 fully saturated rings. The number of hydrogen-bond acceptors (Lipinski definition) is 7. The Labute approximate surface area is 185 Å². The minimum Gasteiger partial charge on any atom is -0.405 e. The third-order valence-electron chi connectivity index (χ3n) is 5.18. The number of aromatic nitrogens is 3. The molecule has 3 heterocycles. The Kier molecular flexibility index (Phi) is 6.69. The van der Waals surface area contributed by atoms with Crippen LogP contribution in [0.1, 0.15) is 16.1 Å². The quantitative estimate of drug-likeness (QED) is 0.389. The lowest BCUT2D eigenvalue weighted by Crippen LogP contribution is -2.35. The molecule has 0 spiro atoms. The molecular weight excluding hydrogens is 406 g/mol. The topological polar surface area (TPSA) is 122 Å². The molecule has 32 heavy (non-hydrogen) atoms. The largest absolute Gasteiger partial charge is 0.405 e. The summed E-state index contributed by atoms with van der Waals surface area (Å²) in [5, 5.41) is 10.6. The summed E-state index contributed by atoms with van der Waals surface area (Å²) in [5.41, 5.74) is 9.95. The maximum Gasteiger partial charge on any atom is 0.276 e. The number of carbonyl (C=O) groups is 1. The average molecular weight is 432 g/mol. The fourth-order valence-electron chi connectivity index (χ4n) is 3.63. The molecule has 0 radical (unpaired) electrons. The van der Waals surface area contributed by atoms with Crippen molar-refractivity contribution in [1.82, 2.24) is 25.4 Å². The van der Waals surface area contributed by atoms with Crippen LogP contribution in [0.4, 0.5) is 0 Å². The van der Waals surface area contributed by atoms with E-state index in [1.165, 1.54) is 18.5 Å². The van der Waals surface area contributed by atoms with E-state index >= 15 is 0 Å². The number of ether oxygens (including phenoxy) is 1. The molecule has 0 aliphatic carbocycles. The Bertz CT molecular complexity index is 1180. The zero-order valence-corrected chi connectivity index (χ0v) is 17.6. The molecule has 3 aromatic rings. The number of H-pyrrole nitrogens is 1. The molecule has 1 amide bonds. The first-order valence-electron chi connectivity index (χ1n) is 10.3. The smallest absolute Gasteiger partial charge is 0.276 e. The van der Waals surface area contributed by atoms with E-state index < -0.39 is 0 Å². The van der Waals surface area contributed by atoms with Crippen LogP contribution in [0.5, 0.6) is 0 Å². The van der Waals surface area contributed by atoms with Gasteiger partial charge in [-0.2, -0.15) is 5.10 Å². The summed E-state index contributed by atoms with van der Waals surface area (Å²) in [5.74, 6) is -0.374. The Balaban J connectivity index is 1.60. The van der Waals surface area contributed by atoms with Gasteiger partial charge in [0.15, 0.2) is 5.69 Å². The minimum absolute atomic E-state index is 0.277. The van der Waals surface area contributed by atoms with Gasteiger partial charge in [-0.1, -0.05) is 6.07 Å². The maximum atomic E-state index is 12.8. The second-order valence-corrected chi connectivity index (χ2v) is 7.38. The van der Waals surface area contributed by atoms with Gasteiger partial charge in [0.1, 0.15) is 0 Å². The first kappa shape index (κ1) is 21.4. The number of allylic oxidation sites excluding steroid dienone is 1. The predicted octanol–water partition coefficient (Wildman–Crippen LogP) is 2.20. The standard InChI is InChI=1S/C23H25N7O2/c1-25-14-19(4-5-24)27-23(31)22-20-11-17(2-3-21(20)28-29-22)18-10-16(12-26-13-18)15-30-6-8-32-9-7-30/h2-5,10-14H,1,6-9,15,24H2,(H,27,31)(H,28,29)/b5-4-,19-14+. The second-order valence-electron chi connectivity index (χ2n) is 7.38. The van der Waals surface area contributed by atoms with Gasteiger partial charge in [0.2, 0.25) is 0 Å². The van der Waals surface area contributed by atoms with Crippen LogP contribution in [0.2, 0.25) is 0 Å². The number of aliphatic imine (C=N–C) groups is 1. The van der Waals surface area contributed by atoms with Crippen molar-refractivity contribution in [2.24, 2.45) is 10.7 Å². The lowest BCUT2D eigenvalue weighted by molar-refractivity contribution is 0.0341. The molecule has 4 rings (SSSR count). The molecule has 1 aliphatic rings. The second kappa shape index (κ2) is 9.99. The molecule has 0 unspecified atom stereocenters. The van der Waals surface area contributed by atoms with Gasteiger partial charge in [0.25, 0.3) is 5.91 Å². The van der Waals surface area contributed by atoms with Crippen molar-refractivity contribution in [2.45, 2.75) is 6.54 Å². The van der Waals surface area contributed by atoms with Gasteiger partial charge in [-0.3, -0.25) is 24.8 Å². The summed E-state index contributed by atoms with van der Waals surface area (Å²) in [6, 6.07) is 7.97. The summed E-state index contributed by atoms with van der Waals surface area (Å²) in [7, 11) is 0. The summed E-state index contributed by atoms with van der Waals surface area (Å²) >= 11 is 0. The number of carbonyl (C=O) groups excluding carboxylic acids is 1. The fourth-order valence-corrected chi connectivity index (χ4v) is 3.63. The van der Waals surface area contributed by atoms with Crippen molar-refractivity contribution in [3.63, 3.8) is 0 Å². The predicted molar refractivity (Wildman–Crippen MR) is 124 cm³/mol. The zero-order chi connectivity index (χ0) is 22.3. The normalized spacial score (nSPS) is 15.3. The van der Waals surface area contributed by atoms with Crippen LogP contribution >= 0.6 is 0 Å². The third-order valence-corrected chi connectivity index (χ3v) is 5.18. The van der Waals surface area contributed by atoms with Gasteiger partial charge in [0.05, 0.1) is 24.4 Å². The summed E-state index contributed by atoms with van der Waals surface area (Å²) in [6.45, 7) is 7.58. The zero-order valence-electron chi connectivity index (χ0n) is 17.6. The number of amides is 1. The monoisotopic (exact) mass is 431 g/mol. The number of pyridine rings is 1. The number of morpholine rings is 1. The van der Waals surface area contributed by atoms with Crippen LogP contribution in [0.15, 0.2) is 65.8 Å². The highest BCUT2D eigenvalue weighted by Gasteiger charge is 2.16. The van der Waals surface area contributed by atoms with Crippen molar-refractivity contribution < 1.29 is 9.53 Å². The van der Waals surface area contributed by atoms with Crippen molar-refractivity contribution in [1.29, 1.82) is 0 Å². The van der Waals surface area contributed by atoms with Crippen molar-refractivity contribution in [2.75, 3.05) is 26.3 Å². The number of rotatable bonds is 7. The maximum absolute atomic E-state index is 12.8. The van der Waals surface area contributed by atoms with Gasteiger partial charge in [-0.05, 0) is 48.3 Å². The Hall–Kier alpha value is -3.82. The number of nitrogens with zero attached hydrogens (tertiary/aromatic N) is 4. The van der Waals surface area contributed by atoms with E-state index in [0.29, 0.717) is 11.1 Å². The lowest BCUT2D eigenvalue weighted by Gasteiger charge is -2.26. The van der Waals surface area contributed by atoms with E-state index in [1.807, 2.05) is 30.6 Å². The Morgan fingerprint density at radius 1 is 1.28 bits per heavy atom. The summed E-state index contributed by atoms with van der Waals surface area (Å²) in [4.78, 5) is 23.3. The number of aromatic amines is 1. The van der Waals surface area contributed by atoms with Gasteiger partial charge in [-0.15, -0.1) is 0 Å². The molecule has 1 saturated heterocycles. The average Bonchev–Trinajstić information content (AvgIpc) is 3.24. The van der Waals surface area contributed by atoms with E-state index in [0.717, 1.165) is 55.1 Å². The molecule has 9 heteroatoms. The summed E-state index contributed by atoms with van der Waals surface area (Å²) in [6.07, 6.45) is 7.97. The van der Waals surface area contributed by atoms with Crippen LogP contribution in [-0.4, -0.2) is 59.0 Å². The highest BCUT2D eigenvalue weighted by Crippen LogP contribution is 2.26. The minimum atomic E-state index is -0.374. The number of benzene rings is 1. The van der Waals surface area contributed by atoms with Crippen molar-refractivity contribution >= 4 is 23.5 Å². The SMILES string of the molecule is C=N/C=C(\C=C/N)NC(=O)c1n[nH]c2ccc(-c3cncc(CN4CCOCC4)c3)cc12. The van der Waals surface area contributed by atoms with E-state index in [1.54, 1.807) is 0 Å². The van der Waals surface area contributed by atoms with E-state index in [9.17, 15) is 4.79 Å². The number of nitrogens with two attached hydrogens (primary N) is 1. The highest BCUT2D eigenvalue weighted by atomic mass is 16.5. The van der Waals surface area contributed by atoms with Crippen molar-refractivity contribution in [3.8, 4) is 11.1 Å². The molecular formula is C23H25N7O2. The molecule has 1 aromatic carbocycles. The molecule has 2 aromatic heterocycles. The molecule has 4 N–H and O–H groups in total. The third kappa shape index (κ3) is 4.90. The first-order chi connectivity index (χ1) is 15.7. The fraction of sp³-hybridized carbons (Fsp3) is 0.217. The van der Waals surface area contributed by atoms with Crippen LogP contribution in [0.25, 0.3) is 22.0 Å². The van der Waals surface area contributed by atoms with E-state index in [4.69, 9.17) is 10.5 Å². The molecule has 0 saturated carbocycles. The molecule has 164 valence electrons. The molecule has 0 bridgehead atoms. The van der Waals surface area contributed by atoms with Crippen LogP contribution < -0.4 is 11.1 Å².